The fourth-order valence-corrected chi connectivity index (χ4v) is 3.45. The van der Waals surface area contributed by atoms with Gasteiger partial charge in [-0.05, 0) is 38.1 Å². The Hall–Kier alpha value is -2.06. The molecule has 5 nitrogen and oxygen atoms in total. The second kappa shape index (κ2) is 7.23. The Balaban J connectivity index is 1.63. The van der Waals surface area contributed by atoms with Crippen molar-refractivity contribution < 1.29 is 13.6 Å². The summed E-state index contributed by atoms with van der Waals surface area (Å²) in [4.78, 5) is 16.7. The highest BCUT2D eigenvalue weighted by Gasteiger charge is 2.20. The average Bonchev–Trinajstić information content (AvgIpc) is 3.17. The molecule has 0 radical (unpaired) electrons. The largest absolute Gasteiger partial charge is 0.416 e. The summed E-state index contributed by atoms with van der Waals surface area (Å²) in [6.45, 7) is 3.69. The van der Waals surface area contributed by atoms with Crippen LogP contribution in [0.3, 0.4) is 0 Å². The van der Waals surface area contributed by atoms with Crippen molar-refractivity contribution in [2.45, 2.75) is 30.7 Å². The maximum absolute atomic E-state index is 12.9. The predicted octanol–water partition coefficient (Wildman–Crippen LogP) is 3.93. The van der Waals surface area contributed by atoms with Gasteiger partial charge in [0.15, 0.2) is 5.78 Å². The van der Waals surface area contributed by atoms with Crippen molar-refractivity contribution in [3.8, 4) is 0 Å². The lowest BCUT2D eigenvalue weighted by Crippen LogP contribution is -2.13. The molecule has 0 fully saturated rings. The number of carbonyl (C=O) groups is 1. The lowest BCUT2D eigenvalue weighted by molar-refractivity contribution is 0.0993. The molecule has 2 aromatic heterocycles. The Morgan fingerprint density at radius 3 is 2.75 bits per heavy atom. The van der Waals surface area contributed by atoms with E-state index in [-0.39, 0.29) is 11.6 Å². The van der Waals surface area contributed by atoms with Gasteiger partial charge in [-0.2, -0.15) is 0 Å². The van der Waals surface area contributed by atoms with Crippen LogP contribution in [-0.2, 0) is 6.42 Å². The molecule has 24 heavy (non-hydrogen) atoms. The molecule has 0 aliphatic carbocycles. The van der Waals surface area contributed by atoms with Gasteiger partial charge in [0, 0.05) is 10.9 Å². The van der Waals surface area contributed by atoms with E-state index in [1.165, 1.54) is 36.0 Å². The van der Waals surface area contributed by atoms with Crippen LogP contribution >= 0.6 is 23.1 Å². The van der Waals surface area contributed by atoms with Crippen molar-refractivity contribution in [3.63, 3.8) is 0 Å². The van der Waals surface area contributed by atoms with Gasteiger partial charge in [0.1, 0.15) is 5.82 Å². The molecule has 0 amide bonds. The number of aromatic nitrogens is 3. The average molecular weight is 363 g/mol. The summed E-state index contributed by atoms with van der Waals surface area (Å²) in [6, 6.07) is 5.48. The number of rotatable bonds is 6. The molecule has 0 spiro atoms. The van der Waals surface area contributed by atoms with E-state index in [1.54, 1.807) is 18.3 Å². The van der Waals surface area contributed by atoms with E-state index >= 15 is 0 Å². The number of thioether (sulfide) groups is 1. The minimum Gasteiger partial charge on any atom is -0.416 e. The predicted molar refractivity (Wildman–Crippen MR) is 90.0 cm³/mol. The first kappa shape index (κ1) is 16.8. The molecule has 3 aromatic rings. The number of carbonyl (C=O) groups excluding carboxylic acids is 1. The van der Waals surface area contributed by atoms with Gasteiger partial charge in [-0.3, -0.25) is 4.79 Å². The van der Waals surface area contributed by atoms with Crippen molar-refractivity contribution >= 4 is 28.9 Å². The van der Waals surface area contributed by atoms with Crippen molar-refractivity contribution in [3.05, 3.63) is 57.6 Å². The Bertz CT molecular complexity index is 845. The summed E-state index contributed by atoms with van der Waals surface area (Å²) in [5.41, 5.74) is 1.34. The number of thiazole rings is 1. The molecule has 1 aromatic carbocycles. The summed E-state index contributed by atoms with van der Waals surface area (Å²) in [6.07, 6.45) is 0.470. The zero-order chi connectivity index (χ0) is 17.1. The van der Waals surface area contributed by atoms with Gasteiger partial charge >= 0.3 is 0 Å². The third-order valence-corrected chi connectivity index (χ3v) is 4.98. The molecule has 124 valence electrons. The molecule has 0 aliphatic rings. The first-order valence-electron chi connectivity index (χ1n) is 7.21. The third kappa shape index (κ3) is 4.07. The smallest absolute Gasteiger partial charge is 0.277 e. The molecular formula is C16H14FN3O2S2. The van der Waals surface area contributed by atoms with Gasteiger partial charge in [-0.25, -0.2) is 9.37 Å². The van der Waals surface area contributed by atoms with Crippen LogP contribution in [0.1, 0.15) is 33.9 Å². The molecule has 0 bridgehead atoms. The molecule has 0 saturated carbocycles. The standard InChI is InChI=1S/C16H14FN3O2S2/c1-9(15(21)11-3-5-12(17)6-4-11)24-16-20-19-14(22-16)7-13-8-23-10(2)18-13/h3-6,8-9H,7H2,1-2H3. The van der Waals surface area contributed by atoms with Crippen molar-refractivity contribution in [1.29, 1.82) is 0 Å². The number of ketones is 1. The van der Waals surface area contributed by atoms with Crippen LogP contribution in [0.15, 0.2) is 39.3 Å². The highest BCUT2D eigenvalue weighted by atomic mass is 32.2. The van der Waals surface area contributed by atoms with Crippen molar-refractivity contribution in [1.82, 2.24) is 15.2 Å². The second-order valence-corrected chi connectivity index (χ2v) is 7.48. The van der Waals surface area contributed by atoms with Gasteiger partial charge in [-0.1, -0.05) is 11.8 Å². The summed E-state index contributed by atoms with van der Waals surface area (Å²) in [7, 11) is 0. The topological polar surface area (TPSA) is 68.9 Å². The molecule has 0 saturated heterocycles. The summed E-state index contributed by atoms with van der Waals surface area (Å²) >= 11 is 2.75. The Kier molecular flexibility index (Phi) is 5.06. The number of benzene rings is 1. The van der Waals surface area contributed by atoms with E-state index in [2.05, 4.69) is 15.2 Å². The molecule has 1 unspecified atom stereocenters. The molecule has 0 N–H and O–H groups in total. The van der Waals surface area contributed by atoms with Gasteiger partial charge in [-0.15, -0.1) is 21.5 Å². The number of Topliss-reactive ketones (excluding diaryl/α,β-unsaturated/α-hetero) is 1. The Morgan fingerprint density at radius 1 is 1.33 bits per heavy atom. The maximum atomic E-state index is 12.9. The summed E-state index contributed by atoms with van der Waals surface area (Å²) in [5.74, 6) is -0.0233. The van der Waals surface area contributed by atoms with Crippen molar-refractivity contribution in [2.24, 2.45) is 0 Å². The first-order chi connectivity index (χ1) is 11.5. The van der Waals surface area contributed by atoms with E-state index in [1.807, 2.05) is 12.3 Å². The normalized spacial score (nSPS) is 12.3. The van der Waals surface area contributed by atoms with Crippen LogP contribution in [-0.4, -0.2) is 26.2 Å². The fraction of sp³-hybridized carbons (Fsp3) is 0.250. The van der Waals surface area contributed by atoms with Crippen molar-refractivity contribution in [2.75, 3.05) is 0 Å². The zero-order valence-electron chi connectivity index (χ0n) is 13.0. The fourth-order valence-electron chi connectivity index (χ4n) is 2.06. The van der Waals surface area contributed by atoms with Crippen LogP contribution in [0.25, 0.3) is 0 Å². The van der Waals surface area contributed by atoms with Crippen LogP contribution in [0.5, 0.6) is 0 Å². The molecule has 3 rings (SSSR count). The number of aryl methyl sites for hydroxylation is 1. The number of hydrogen-bond acceptors (Lipinski definition) is 7. The van der Waals surface area contributed by atoms with Crippen LogP contribution in [0.4, 0.5) is 4.39 Å². The third-order valence-electron chi connectivity index (χ3n) is 3.22. The SMILES string of the molecule is Cc1nc(Cc2nnc(SC(C)C(=O)c3ccc(F)cc3)o2)cs1. The molecule has 0 aliphatic heterocycles. The Labute approximate surface area is 146 Å². The minimum absolute atomic E-state index is 0.116. The molecule has 2 heterocycles. The van der Waals surface area contributed by atoms with Crippen LogP contribution in [0, 0.1) is 12.7 Å². The Morgan fingerprint density at radius 2 is 2.08 bits per heavy atom. The zero-order valence-corrected chi connectivity index (χ0v) is 14.7. The molecule has 1 atom stereocenters. The lowest BCUT2D eigenvalue weighted by Gasteiger charge is -2.07. The van der Waals surface area contributed by atoms with Gasteiger partial charge < -0.3 is 4.42 Å². The van der Waals surface area contributed by atoms with Crippen LogP contribution in [0.2, 0.25) is 0 Å². The van der Waals surface area contributed by atoms with E-state index in [0.717, 1.165) is 10.7 Å². The number of nitrogens with zero attached hydrogens (tertiary/aromatic N) is 3. The van der Waals surface area contributed by atoms with E-state index < -0.39 is 5.25 Å². The van der Waals surface area contributed by atoms with Gasteiger partial charge in [0.05, 0.1) is 22.4 Å². The summed E-state index contributed by atoms with van der Waals surface area (Å²) in [5, 5.41) is 10.8. The monoisotopic (exact) mass is 363 g/mol. The minimum atomic E-state index is -0.412. The van der Waals surface area contributed by atoms with Gasteiger partial charge in [0.2, 0.25) is 5.89 Å². The van der Waals surface area contributed by atoms with E-state index in [0.29, 0.717) is 23.1 Å². The van der Waals surface area contributed by atoms with Crippen LogP contribution < -0.4 is 0 Å². The highest BCUT2D eigenvalue weighted by molar-refractivity contribution is 8.00. The highest BCUT2D eigenvalue weighted by Crippen LogP contribution is 2.25. The number of hydrogen-bond donors (Lipinski definition) is 0. The quantitative estimate of drug-likeness (QED) is 0.488. The van der Waals surface area contributed by atoms with E-state index in [9.17, 15) is 9.18 Å². The molecule has 8 heteroatoms. The van der Waals surface area contributed by atoms with E-state index in [4.69, 9.17) is 4.42 Å². The lowest BCUT2D eigenvalue weighted by atomic mass is 10.1. The second-order valence-electron chi connectivity index (χ2n) is 5.13. The number of halogens is 1. The van der Waals surface area contributed by atoms with Gasteiger partial charge in [0.25, 0.3) is 5.22 Å². The maximum Gasteiger partial charge on any atom is 0.277 e. The molecular weight excluding hydrogens is 349 g/mol. The summed E-state index contributed by atoms with van der Waals surface area (Å²) < 4.78 is 18.5. The first-order valence-corrected chi connectivity index (χ1v) is 8.97.